The van der Waals surface area contributed by atoms with Crippen LogP contribution < -0.4 is 5.32 Å². The van der Waals surface area contributed by atoms with E-state index < -0.39 is 35.2 Å². The first kappa shape index (κ1) is 20.5. The van der Waals surface area contributed by atoms with E-state index in [-0.39, 0.29) is 17.7 Å². The summed E-state index contributed by atoms with van der Waals surface area (Å²) in [6.45, 7) is 11.2. The first-order chi connectivity index (χ1) is 11.8. The SMILES string of the molecule is CC(C)(C)OC(=O)NC(C(=O)N1C[C@@H]2CCC[C@@H]2[C@H]1C(=O)O)C(C)(C)C. The molecule has 1 aliphatic heterocycles. The van der Waals surface area contributed by atoms with Gasteiger partial charge >= 0.3 is 12.1 Å². The van der Waals surface area contributed by atoms with Crippen molar-refractivity contribution < 1.29 is 24.2 Å². The van der Waals surface area contributed by atoms with Gasteiger partial charge in [0, 0.05) is 6.54 Å². The molecular weight excluding hydrogens is 336 g/mol. The van der Waals surface area contributed by atoms with Gasteiger partial charge in [-0.3, -0.25) is 4.79 Å². The van der Waals surface area contributed by atoms with E-state index in [9.17, 15) is 19.5 Å². The summed E-state index contributed by atoms with van der Waals surface area (Å²) in [7, 11) is 0. The fraction of sp³-hybridized carbons (Fsp3) is 0.842. The molecule has 26 heavy (non-hydrogen) atoms. The summed E-state index contributed by atoms with van der Waals surface area (Å²) in [5.74, 6) is -1.05. The zero-order valence-electron chi connectivity index (χ0n) is 16.7. The van der Waals surface area contributed by atoms with Crippen LogP contribution in [0.1, 0.15) is 60.8 Å². The molecule has 0 spiro atoms. The molecule has 1 saturated heterocycles. The predicted molar refractivity (Wildman–Crippen MR) is 96.6 cm³/mol. The second-order valence-corrected chi connectivity index (χ2v) is 9.57. The molecule has 2 fully saturated rings. The fourth-order valence-corrected chi connectivity index (χ4v) is 4.09. The first-order valence-electron chi connectivity index (χ1n) is 9.34. The number of fused-ring (bicyclic) bond motifs is 1. The van der Waals surface area contributed by atoms with E-state index >= 15 is 0 Å². The van der Waals surface area contributed by atoms with Crippen LogP contribution in [0.3, 0.4) is 0 Å². The highest BCUT2D eigenvalue weighted by Gasteiger charge is 2.51. The maximum atomic E-state index is 13.2. The van der Waals surface area contributed by atoms with E-state index in [0.29, 0.717) is 6.54 Å². The number of hydrogen-bond donors (Lipinski definition) is 2. The summed E-state index contributed by atoms with van der Waals surface area (Å²) in [5, 5.41) is 12.4. The molecule has 0 aromatic rings. The van der Waals surface area contributed by atoms with Gasteiger partial charge in [0.25, 0.3) is 0 Å². The Morgan fingerprint density at radius 2 is 1.73 bits per heavy atom. The fourth-order valence-electron chi connectivity index (χ4n) is 4.09. The van der Waals surface area contributed by atoms with Crippen molar-refractivity contribution in [1.82, 2.24) is 10.2 Å². The Morgan fingerprint density at radius 3 is 2.23 bits per heavy atom. The predicted octanol–water partition coefficient (Wildman–Crippen LogP) is 2.64. The van der Waals surface area contributed by atoms with Gasteiger partial charge in [-0.2, -0.15) is 0 Å². The summed E-state index contributed by atoms with van der Waals surface area (Å²) in [6, 6.07) is -1.65. The standard InChI is InChI=1S/C19H32N2O5/c1-18(2,3)14(20-17(25)26-19(4,5)6)15(22)21-10-11-8-7-9-12(11)13(21)16(23)24/h11-14H,7-10H2,1-6H3,(H,20,25)(H,23,24)/t11-,12-,13-,14?/m0/s1. The number of carboxylic acids is 1. The molecule has 4 atom stereocenters. The van der Waals surface area contributed by atoms with E-state index in [0.717, 1.165) is 19.3 Å². The highest BCUT2D eigenvalue weighted by atomic mass is 16.6. The number of nitrogens with one attached hydrogen (secondary N) is 1. The van der Waals surface area contributed by atoms with Crippen LogP contribution in [0.4, 0.5) is 4.79 Å². The number of hydrogen-bond acceptors (Lipinski definition) is 4. The van der Waals surface area contributed by atoms with Crippen LogP contribution in [0.2, 0.25) is 0 Å². The van der Waals surface area contributed by atoms with Gasteiger partial charge in [0.2, 0.25) is 5.91 Å². The molecule has 2 aliphatic rings. The zero-order valence-corrected chi connectivity index (χ0v) is 16.7. The minimum absolute atomic E-state index is 0.0126. The van der Waals surface area contributed by atoms with E-state index in [4.69, 9.17) is 4.74 Å². The molecule has 1 unspecified atom stereocenters. The topological polar surface area (TPSA) is 95.9 Å². The molecule has 7 nitrogen and oxygen atoms in total. The molecule has 0 aromatic carbocycles. The lowest BCUT2D eigenvalue weighted by Gasteiger charge is -2.35. The monoisotopic (exact) mass is 368 g/mol. The summed E-state index contributed by atoms with van der Waals surface area (Å²) in [6.07, 6.45) is 2.14. The Hall–Kier alpha value is -1.79. The number of likely N-dealkylation sites (tertiary alicyclic amines) is 1. The molecule has 1 saturated carbocycles. The van der Waals surface area contributed by atoms with Crippen LogP contribution in [-0.4, -0.2) is 52.2 Å². The molecule has 1 heterocycles. The van der Waals surface area contributed by atoms with Crippen molar-refractivity contribution in [2.24, 2.45) is 17.3 Å². The maximum absolute atomic E-state index is 13.2. The Bertz CT molecular complexity index is 575. The Morgan fingerprint density at radius 1 is 1.12 bits per heavy atom. The molecule has 148 valence electrons. The Balaban J connectivity index is 2.21. The van der Waals surface area contributed by atoms with Crippen LogP contribution in [0, 0.1) is 17.3 Å². The largest absolute Gasteiger partial charge is 0.480 e. The smallest absolute Gasteiger partial charge is 0.408 e. The van der Waals surface area contributed by atoms with Crippen molar-refractivity contribution in [3.05, 3.63) is 0 Å². The minimum Gasteiger partial charge on any atom is -0.480 e. The zero-order chi connectivity index (χ0) is 19.9. The number of ether oxygens (including phenoxy) is 1. The summed E-state index contributed by atoms with van der Waals surface area (Å²) in [4.78, 5) is 38.8. The second kappa shape index (κ2) is 7.08. The average molecular weight is 368 g/mol. The summed E-state index contributed by atoms with van der Waals surface area (Å²) >= 11 is 0. The highest BCUT2D eigenvalue weighted by molar-refractivity contribution is 5.90. The van der Waals surface area contributed by atoms with Gasteiger partial charge in [-0.1, -0.05) is 27.2 Å². The molecule has 1 aliphatic carbocycles. The van der Waals surface area contributed by atoms with Gasteiger partial charge in [-0.05, 0) is 50.9 Å². The van der Waals surface area contributed by atoms with Gasteiger partial charge in [0.15, 0.2) is 0 Å². The number of carboxylic acid groups (broad SMARTS) is 1. The van der Waals surface area contributed by atoms with Crippen LogP contribution in [-0.2, 0) is 14.3 Å². The van der Waals surface area contributed by atoms with Crippen LogP contribution in [0.15, 0.2) is 0 Å². The van der Waals surface area contributed by atoms with Crippen molar-refractivity contribution in [2.45, 2.75) is 78.5 Å². The lowest BCUT2D eigenvalue weighted by atomic mass is 9.85. The average Bonchev–Trinajstić information content (AvgIpc) is 3.00. The number of carbonyl (C=O) groups excluding carboxylic acids is 2. The summed E-state index contributed by atoms with van der Waals surface area (Å²) < 4.78 is 5.29. The Kier molecular flexibility index (Phi) is 5.59. The molecule has 0 aromatic heterocycles. The van der Waals surface area contributed by atoms with E-state index in [1.54, 1.807) is 20.8 Å². The number of carbonyl (C=O) groups is 3. The third-order valence-electron chi connectivity index (χ3n) is 5.20. The van der Waals surface area contributed by atoms with Gasteiger partial charge in [-0.15, -0.1) is 0 Å². The number of rotatable bonds is 3. The van der Waals surface area contributed by atoms with Crippen LogP contribution in [0.5, 0.6) is 0 Å². The van der Waals surface area contributed by atoms with E-state index in [1.807, 2.05) is 20.8 Å². The van der Waals surface area contributed by atoms with Crippen LogP contribution >= 0.6 is 0 Å². The number of alkyl carbamates (subject to hydrolysis) is 1. The third-order valence-corrected chi connectivity index (χ3v) is 5.20. The quantitative estimate of drug-likeness (QED) is 0.798. The highest BCUT2D eigenvalue weighted by Crippen LogP contribution is 2.43. The number of aliphatic carboxylic acids is 1. The molecular formula is C19H32N2O5. The third kappa shape index (κ3) is 4.48. The van der Waals surface area contributed by atoms with Gasteiger partial charge in [-0.25, -0.2) is 9.59 Å². The summed E-state index contributed by atoms with van der Waals surface area (Å²) in [5.41, 5.74) is -1.25. The second-order valence-electron chi connectivity index (χ2n) is 9.57. The lowest BCUT2D eigenvalue weighted by Crippen LogP contribution is -2.57. The molecule has 2 rings (SSSR count). The van der Waals surface area contributed by atoms with Crippen molar-refractivity contribution >= 4 is 18.0 Å². The number of nitrogens with zero attached hydrogens (tertiary/aromatic N) is 1. The minimum atomic E-state index is -0.960. The van der Waals surface area contributed by atoms with Crippen molar-refractivity contribution in [3.8, 4) is 0 Å². The molecule has 7 heteroatoms. The van der Waals surface area contributed by atoms with Gasteiger partial charge in [0.05, 0.1) is 0 Å². The Labute approximate surface area is 155 Å². The van der Waals surface area contributed by atoms with E-state index in [2.05, 4.69) is 5.32 Å². The molecule has 0 radical (unpaired) electrons. The van der Waals surface area contributed by atoms with E-state index in [1.165, 1.54) is 4.90 Å². The van der Waals surface area contributed by atoms with Gasteiger partial charge < -0.3 is 20.1 Å². The molecule has 0 bridgehead atoms. The molecule has 2 amide bonds. The van der Waals surface area contributed by atoms with Crippen LogP contribution in [0.25, 0.3) is 0 Å². The maximum Gasteiger partial charge on any atom is 0.408 e. The number of amides is 2. The molecule has 2 N–H and O–H groups in total. The van der Waals surface area contributed by atoms with Crippen molar-refractivity contribution in [1.29, 1.82) is 0 Å². The first-order valence-corrected chi connectivity index (χ1v) is 9.34. The normalized spacial score (nSPS) is 27.0. The van der Waals surface area contributed by atoms with Gasteiger partial charge in [0.1, 0.15) is 17.7 Å². The van der Waals surface area contributed by atoms with Crippen molar-refractivity contribution in [2.75, 3.05) is 6.54 Å². The van der Waals surface area contributed by atoms with Crippen molar-refractivity contribution in [3.63, 3.8) is 0 Å². The lowest BCUT2D eigenvalue weighted by molar-refractivity contribution is -0.151.